The predicted molar refractivity (Wildman–Crippen MR) is 101 cm³/mol. The summed E-state index contributed by atoms with van der Waals surface area (Å²) in [6.07, 6.45) is 1.17. The molecular formula is C20H22N2O6. The first kappa shape index (κ1) is 19.3. The Bertz CT molecular complexity index is 850. The lowest BCUT2D eigenvalue weighted by atomic mass is 10.0. The van der Waals surface area contributed by atoms with Crippen molar-refractivity contribution in [3.8, 4) is 23.0 Å². The fraction of sp³-hybridized carbons (Fsp3) is 0.300. The topological polar surface area (TPSA) is 119 Å². The zero-order chi connectivity index (χ0) is 20.3. The minimum atomic E-state index is -0.665. The molecule has 0 atom stereocenters. The van der Waals surface area contributed by atoms with E-state index in [4.69, 9.17) is 4.74 Å². The van der Waals surface area contributed by atoms with Gasteiger partial charge in [-0.3, -0.25) is 9.59 Å². The van der Waals surface area contributed by atoms with Crippen LogP contribution >= 0.6 is 0 Å². The van der Waals surface area contributed by atoms with Gasteiger partial charge in [-0.25, -0.2) is 0 Å². The Hall–Kier alpha value is -3.42. The molecule has 0 bridgehead atoms. The van der Waals surface area contributed by atoms with Crippen molar-refractivity contribution in [2.75, 3.05) is 20.2 Å². The van der Waals surface area contributed by atoms with E-state index in [0.717, 1.165) is 12.1 Å². The lowest BCUT2D eigenvalue weighted by molar-refractivity contribution is 0.0698. The van der Waals surface area contributed by atoms with E-state index in [1.165, 1.54) is 0 Å². The van der Waals surface area contributed by atoms with Crippen molar-refractivity contribution >= 4 is 11.8 Å². The molecule has 1 aliphatic rings. The smallest absolute Gasteiger partial charge is 0.253 e. The molecule has 3 rings (SSSR count). The summed E-state index contributed by atoms with van der Waals surface area (Å²) in [5, 5.41) is 31.2. The third kappa shape index (κ3) is 4.11. The predicted octanol–water partition coefficient (Wildman–Crippen LogP) is 1.85. The summed E-state index contributed by atoms with van der Waals surface area (Å²) >= 11 is 0. The minimum absolute atomic E-state index is 0.0459. The van der Waals surface area contributed by atoms with Gasteiger partial charge in [0.1, 0.15) is 5.75 Å². The molecule has 0 aromatic heterocycles. The molecule has 4 N–H and O–H groups in total. The summed E-state index contributed by atoms with van der Waals surface area (Å²) < 4.78 is 5.09. The van der Waals surface area contributed by atoms with Crippen molar-refractivity contribution in [3.63, 3.8) is 0 Å². The SMILES string of the molecule is COc1ccc(C(=O)N2CCC(NC(=O)c3cc(O)c(O)c(O)c3)CC2)cc1. The molecule has 0 aliphatic carbocycles. The van der Waals surface area contributed by atoms with E-state index in [1.54, 1.807) is 36.3 Å². The first-order valence-electron chi connectivity index (χ1n) is 8.88. The van der Waals surface area contributed by atoms with E-state index in [9.17, 15) is 24.9 Å². The van der Waals surface area contributed by atoms with Gasteiger partial charge in [-0.15, -0.1) is 0 Å². The monoisotopic (exact) mass is 386 g/mol. The number of ether oxygens (including phenoxy) is 1. The molecule has 2 aromatic carbocycles. The summed E-state index contributed by atoms with van der Waals surface area (Å²) in [6.45, 7) is 1.00. The van der Waals surface area contributed by atoms with Gasteiger partial charge in [0.2, 0.25) is 0 Å². The molecule has 8 heteroatoms. The Labute approximate surface area is 162 Å². The zero-order valence-electron chi connectivity index (χ0n) is 15.4. The Morgan fingerprint density at radius 2 is 1.57 bits per heavy atom. The van der Waals surface area contributed by atoms with Crippen molar-refractivity contribution in [1.29, 1.82) is 0 Å². The molecule has 28 heavy (non-hydrogen) atoms. The number of carbonyl (C=O) groups is 2. The molecule has 0 radical (unpaired) electrons. The van der Waals surface area contributed by atoms with Gasteiger partial charge in [0, 0.05) is 30.3 Å². The standard InChI is InChI=1S/C20H22N2O6/c1-28-15-4-2-12(3-5-15)20(27)22-8-6-14(7-9-22)21-19(26)13-10-16(23)18(25)17(24)11-13/h2-5,10-11,14,23-25H,6-9H2,1H3,(H,21,26). The van der Waals surface area contributed by atoms with Crippen LogP contribution in [0.15, 0.2) is 36.4 Å². The number of hydrogen-bond donors (Lipinski definition) is 4. The quantitative estimate of drug-likeness (QED) is 0.596. The zero-order valence-corrected chi connectivity index (χ0v) is 15.4. The van der Waals surface area contributed by atoms with Gasteiger partial charge in [-0.1, -0.05) is 0 Å². The minimum Gasteiger partial charge on any atom is -0.504 e. The van der Waals surface area contributed by atoms with E-state index in [-0.39, 0.29) is 17.5 Å². The highest BCUT2D eigenvalue weighted by Crippen LogP contribution is 2.35. The number of rotatable bonds is 4. The van der Waals surface area contributed by atoms with Crippen LogP contribution in [0, 0.1) is 0 Å². The highest BCUT2D eigenvalue weighted by molar-refractivity contribution is 5.96. The van der Waals surface area contributed by atoms with Crippen LogP contribution in [0.1, 0.15) is 33.6 Å². The molecule has 1 heterocycles. The molecule has 148 valence electrons. The molecule has 2 aromatic rings. The van der Waals surface area contributed by atoms with Gasteiger partial charge in [0.15, 0.2) is 17.2 Å². The van der Waals surface area contributed by atoms with Crippen LogP contribution in [0.5, 0.6) is 23.0 Å². The lowest BCUT2D eigenvalue weighted by Crippen LogP contribution is -2.46. The maximum absolute atomic E-state index is 12.6. The number of phenols is 3. The molecule has 1 fully saturated rings. The van der Waals surface area contributed by atoms with Crippen molar-refractivity contribution in [2.24, 2.45) is 0 Å². The largest absolute Gasteiger partial charge is 0.504 e. The molecule has 0 saturated carbocycles. The number of aromatic hydroxyl groups is 3. The first-order chi connectivity index (χ1) is 13.4. The van der Waals surface area contributed by atoms with Gasteiger partial charge >= 0.3 is 0 Å². The molecule has 1 aliphatic heterocycles. The summed E-state index contributed by atoms with van der Waals surface area (Å²) in [5.41, 5.74) is 0.628. The van der Waals surface area contributed by atoms with Crippen LogP contribution in [-0.4, -0.2) is 58.3 Å². The van der Waals surface area contributed by atoms with E-state index in [1.807, 2.05) is 0 Å². The molecule has 0 unspecified atom stereocenters. The fourth-order valence-corrected chi connectivity index (χ4v) is 3.15. The van der Waals surface area contributed by atoms with Crippen LogP contribution in [0.4, 0.5) is 0 Å². The lowest BCUT2D eigenvalue weighted by Gasteiger charge is -2.32. The summed E-state index contributed by atoms with van der Waals surface area (Å²) in [4.78, 5) is 26.6. The van der Waals surface area contributed by atoms with Gasteiger partial charge in [-0.2, -0.15) is 0 Å². The number of benzene rings is 2. The number of phenolic OH excluding ortho intramolecular Hbond substituents is 3. The Morgan fingerprint density at radius 3 is 2.11 bits per heavy atom. The third-order valence-corrected chi connectivity index (χ3v) is 4.79. The number of hydrogen-bond acceptors (Lipinski definition) is 6. The van der Waals surface area contributed by atoms with Crippen LogP contribution in [0.25, 0.3) is 0 Å². The van der Waals surface area contributed by atoms with Gasteiger partial charge in [-0.05, 0) is 49.2 Å². The van der Waals surface area contributed by atoms with Crippen LogP contribution in [0.2, 0.25) is 0 Å². The maximum Gasteiger partial charge on any atom is 0.253 e. The van der Waals surface area contributed by atoms with Crippen molar-refractivity contribution in [2.45, 2.75) is 18.9 Å². The number of carbonyl (C=O) groups excluding carboxylic acids is 2. The summed E-state index contributed by atoms with van der Waals surface area (Å²) in [5.74, 6) is -1.65. The van der Waals surface area contributed by atoms with Crippen molar-refractivity contribution < 1.29 is 29.6 Å². The summed E-state index contributed by atoms with van der Waals surface area (Å²) in [7, 11) is 1.57. The average molecular weight is 386 g/mol. The van der Waals surface area contributed by atoms with Crippen LogP contribution in [-0.2, 0) is 0 Å². The highest BCUT2D eigenvalue weighted by atomic mass is 16.5. The van der Waals surface area contributed by atoms with Gasteiger partial charge in [0.25, 0.3) is 11.8 Å². The second-order valence-corrected chi connectivity index (χ2v) is 6.63. The van der Waals surface area contributed by atoms with E-state index in [0.29, 0.717) is 37.2 Å². The van der Waals surface area contributed by atoms with Gasteiger partial charge < -0.3 is 30.3 Å². The Kier molecular flexibility index (Phi) is 5.58. The second-order valence-electron chi connectivity index (χ2n) is 6.63. The maximum atomic E-state index is 12.6. The number of methoxy groups -OCH3 is 1. The first-order valence-corrected chi connectivity index (χ1v) is 8.88. The number of nitrogens with one attached hydrogen (secondary N) is 1. The van der Waals surface area contributed by atoms with Gasteiger partial charge in [0.05, 0.1) is 7.11 Å². The normalized spacial score (nSPS) is 14.5. The number of piperidine rings is 1. The van der Waals surface area contributed by atoms with Crippen molar-refractivity contribution in [3.05, 3.63) is 47.5 Å². The fourth-order valence-electron chi connectivity index (χ4n) is 3.15. The molecule has 1 saturated heterocycles. The Balaban J connectivity index is 1.56. The Morgan fingerprint density at radius 1 is 1.00 bits per heavy atom. The van der Waals surface area contributed by atoms with Crippen molar-refractivity contribution in [1.82, 2.24) is 10.2 Å². The van der Waals surface area contributed by atoms with E-state index in [2.05, 4.69) is 5.32 Å². The van der Waals surface area contributed by atoms with Crippen LogP contribution in [0.3, 0.4) is 0 Å². The molecular weight excluding hydrogens is 364 g/mol. The molecule has 8 nitrogen and oxygen atoms in total. The molecule has 2 amide bonds. The highest BCUT2D eigenvalue weighted by Gasteiger charge is 2.25. The number of likely N-dealkylation sites (tertiary alicyclic amines) is 1. The average Bonchev–Trinajstić information content (AvgIpc) is 2.71. The summed E-state index contributed by atoms with van der Waals surface area (Å²) in [6, 6.07) is 8.97. The molecule has 0 spiro atoms. The van der Waals surface area contributed by atoms with E-state index >= 15 is 0 Å². The second kappa shape index (κ2) is 8.08. The van der Waals surface area contributed by atoms with Crippen LogP contribution < -0.4 is 10.1 Å². The number of nitrogens with zero attached hydrogens (tertiary/aromatic N) is 1. The third-order valence-electron chi connectivity index (χ3n) is 4.79. The number of amides is 2. The van der Waals surface area contributed by atoms with E-state index < -0.39 is 23.2 Å².